The molecule has 2 N–H and O–H groups in total. The number of methoxy groups -OCH3 is 1. The lowest BCUT2D eigenvalue weighted by Crippen LogP contribution is -2.22. The molecule has 26 heavy (non-hydrogen) atoms. The van der Waals surface area contributed by atoms with Crippen molar-refractivity contribution in [2.75, 3.05) is 24.3 Å². The van der Waals surface area contributed by atoms with Crippen LogP contribution in [0.4, 0.5) is 11.4 Å². The number of hydrogen-bond donors (Lipinski definition) is 2. The van der Waals surface area contributed by atoms with Crippen LogP contribution < -0.4 is 15.4 Å². The minimum atomic E-state index is -0.114. The Bertz CT molecular complexity index is 892. The van der Waals surface area contributed by atoms with Crippen LogP contribution in [0.1, 0.15) is 5.56 Å². The lowest BCUT2D eigenvalue weighted by molar-refractivity contribution is -0.114. The fourth-order valence-corrected chi connectivity index (χ4v) is 2.79. The second-order valence-corrected chi connectivity index (χ2v) is 6.02. The van der Waals surface area contributed by atoms with E-state index in [4.69, 9.17) is 4.74 Å². The number of carbonyl (C=O) groups is 1. The number of aryl methyl sites for hydroxylation is 1. The van der Waals surface area contributed by atoms with Gasteiger partial charge in [-0.15, -0.1) is 0 Å². The number of benzene rings is 3. The van der Waals surface area contributed by atoms with Gasteiger partial charge >= 0.3 is 0 Å². The molecule has 4 heteroatoms. The van der Waals surface area contributed by atoms with E-state index in [2.05, 4.69) is 10.6 Å². The molecule has 0 saturated carbocycles. The van der Waals surface area contributed by atoms with Gasteiger partial charge in [0.05, 0.1) is 19.3 Å². The van der Waals surface area contributed by atoms with Gasteiger partial charge in [0, 0.05) is 11.3 Å². The molecule has 0 aromatic heterocycles. The first-order valence-corrected chi connectivity index (χ1v) is 8.50. The number of nitrogens with one attached hydrogen (secondary N) is 2. The van der Waals surface area contributed by atoms with E-state index < -0.39 is 0 Å². The van der Waals surface area contributed by atoms with Gasteiger partial charge in [0.25, 0.3) is 0 Å². The van der Waals surface area contributed by atoms with Crippen LogP contribution in [0.15, 0.2) is 72.8 Å². The van der Waals surface area contributed by atoms with Gasteiger partial charge in [-0.3, -0.25) is 4.79 Å². The predicted octanol–water partition coefficient (Wildman–Crippen LogP) is 4.72. The summed E-state index contributed by atoms with van der Waals surface area (Å²) in [5.74, 6) is 0.602. The SMILES string of the molecule is COc1ccc(C)cc1NCC(=O)Nc1ccccc1-c1ccccc1. The number of carbonyl (C=O) groups excluding carboxylic acids is 1. The third kappa shape index (κ3) is 4.22. The summed E-state index contributed by atoms with van der Waals surface area (Å²) in [4.78, 5) is 12.4. The molecule has 0 radical (unpaired) electrons. The molecule has 0 aliphatic rings. The topological polar surface area (TPSA) is 50.4 Å². The highest BCUT2D eigenvalue weighted by atomic mass is 16.5. The molecule has 0 spiro atoms. The zero-order chi connectivity index (χ0) is 18.4. The van der Waals surface area contributed by atoms with Gasteiger partial charge < -0.3 is 15.4 Å². The molecule has 0 unspecified atom stereocenters. The van der Waals surface area contributed by atoms with Crippen LogP contribution in [0.3, 0.4) is 0 Å². The van der Waals surface area contributed by atoms with Gasteiger partial charge in [-0.25, -0.2) is 0 Å². The summed E-state index contributed by atoms with van der Waals surface area (Å²) >= 11 is 0. The number of anilines is 2. The zero-order valence-electron chi connectivity index (χ0n) is 15.0. The van der Waals surface area contributed by atoms with Crippen molar-refractivity contribution in [3.63, 3.8) is 0 Å². The highest BCUT2D eigenvalue weighted by molar-refractivity contribution is 5.97. The van der Waals surface area contributed by atoms with Crippen molar-refractivity contribution in [2.45, 2.75) is 6.92 Å². The first-order chi connectivity index (χ1) is 12.7. The Morgan fingerprint density at radius 3 is 2.42 bits per heavy atom. The monoisotopic (exact) mass is 346 g/mol. The summed E-state index contributed by atoms with van der Waals surface area (Å²) < 4.78 is 5.33. The molecule has 4 nitrogen and oxygen atoms in total. The number of para-hydroxylation sites is 1. The minimum Gasteiger partial charge on any atom is -0.495 e. The Balaban J connectivity index is 1.71. The van der Waals surface area contributed by atoms with Gasteiger partial charge in [0.1, 0.15) is 5.75 Å². The average Bonchev–Trinajstić information content (AvgIpc) is 2.67. The number of amides is 1. The van der Waals surface area contributed by atoms with Crippen LogP contribution in [0, 0.1) is 6.92 Å². The van der Waals surface area contributed by atoms with Gasteiger partial charge in [0.15, 0.2) is 0 Å². The molecule has 0 heterocycles. The van der Waals surface area contributed by atoms with E-state index in [-0.39, 0.29) is 12.5 Å². The molecule has 0 aliphatic heterocycles. The highest BCUT2D eigenvalue weighted by Gasteiger charge is 2.09. The quantitative estimate of drug-likeness (QED) is 0.679. The normalized spacial score (nSPS) is 10.2. The number of ether oxygens (including phenoxy) is 1. The molecular formula is C22H22N2O2. The predicted molar refractivity (Wildman–Crippen MR) is 107 cm³/mol. The lowest BCUT2D eigenvalue weighted by Gasteiger charge is -2.14. The van der Waals surface area contributed by atoms with Crippen LogP contribution >= 0.6 is 0 Å². The summed E-state index contributed by atoms with van der Waals surface area (Å²) in [6.07, 6.45) is 0. The second-order valence-electron chi connectivity index (χ2n) is 6.02. The standard InChI is InChI=1S/C22H22N2O2/c1-16-12-13-21(26-2)20(14-16)23-15-22(25)24-19-11-7-6-10-18(19)17-8-4-3-5-9-17/h3-14,23H,15H2,1-2H3,(H,24,25). The fourth-order valence-electron chi connectivity index (χ4n) is 2.79. The van der Waals surface area contributed by atoms with Crippen molar-refractivity contribution in [1.82, 2.24) is 0 Å². The van der Waals surface area contributed by atoms with E-state index >= 15 is 0 Å². The van der Waals surface area contributed by atoms with E-state index in [0.717, 1.165) is 28.1 Å². The van der Waals surface area contributed by atoms with E-state index in [9.17, 15) is 4.79 Å². The highest BCUT2D eigenvalue weighted by Crippen LogP contribution is 2.28. The summed E-state index contributed by atoms with van der Waals surface area (Å²) in [6.45, 7) is 2.16. The molecule has 3 rings (SSSR count). The van der Waals surface area contributed by atoms with Crippen molar-refractivity contribution in [3.8, 4) is 16.9 Å². The average molecular weight is 346 g/mol. The van der Waals surface area contributed by atoms with E-state index in [1.807, 2.05) is 79.7 Å². The molecule has 0 saturated heterocycles. The first-order valence-electron chi connectivity index (χ1n) is 8.50. The molecule has 1 amide bonds. The van der Waals surface area contributed by atoms with E-state index in [0.29, 0.717) is 5.75 Å². The van der Waals surface area contributed by atoms with Gasteiger partial charge in [-0.1, -0.05) is 54.6 Å². The van der Waals surface area contributed by atoms with Gasteiger partial charge in [0.2, 0.25) is 5.91 Å². The van der Waals surface area contributed by atoms with Crippen LogP contribution in [0.25, 0.3) is 11.1 Å². The van der Waals surface area contributed by atoms with E-state index in [1.54, 1.807) is 7.11 Å². The lowest BCUT2D eigenvalue weighted by atomic mass is 10.0. The summed E-state index contributed by atoms with van der Waals surface area (Å²) in [6, 6.07) is 23.6. The number of hydrogen-bond acceptors (Lipinski definition) is 3. The Kier molecular flexibility index (Phi) is 5.54. The first kappa shape index (κ1) is 17.5. The van der Waals surface area contributed by atoms with Crippen molar-refractivity contribution < 1.29 is 9.53 Å². The molecule has 0 aliphatic carbocycles. The molecular weight excluding hydrogens is 324 g/mol. The van der Waals surface area contributed by atoms with Crippen LogP contribution in [0.2, 0.25) is 0 Å². The molecule has 0 bridgehead atoms. The van der Waals surface area contributed by atoms with Gasteiger partial charge in [-0.2, -0.15) is 0 Å². The molecule has 132 valence electrons. The maximum atomic E-state index is 12.4. The maximum absolute atomic E-state index is 12.4. The Morgan fingerprint density at radius 1 is 0.923 bits per heavy atom. The Hall–Kier alpha value is -3.27. The van der Waals surface area contributed by atoms with Crippen molar-refractivity contribution in [1.29, 1.82) is 0 Å². The third-order valence-corrected chi connectivity index (χ3v) is 4.08. The number of rotatable bonds is 6. The molecule has 3 aromatic carbocycles. The fraction of sp³-hybridized carbons (Fsp3) is 0.136. The largest absolute Gasteiger partial charge is 0.495 e. The summed E-state index contributed by atoms with van der Waals surface area (Å²) in [5.41, 5.74) is 4.76. The van der Waals surface area contributed by atoms with Crippen molar-refractivity contribution >= 4 is 17.3 Å². The zero-order valence-corrected chi connectivity index (χ0v) is 15.0. The summed E-state index contributed by atoms with van der Waals surface area (Å²) in [5, 5.41) is 6.14. The van der Waals surface area contributed by atoms with E-state index in [1.165, 1.54) is 0 Å². The van der Waals surface area contributed by atoms with Crippen LogP contribution in [0.5, 0.6) is 5.75 Å². The third-order valence-electron chi connectivity index (χ3n) is 4.08. The van der Waals surface area contributed by atoms with Crippen molar-refractivity contribution in [2.24, 2.45) is 0 Å². The maximum Gasteiger partial charge on any atom is 0.243 e. The minimum absolute atomic E-state index is 0.114. The van der Waals surface area contributed by atoms with Crippen molar-refractivity contribution in [3.05, 3.63) is 78.4 Å². The molecule has 0 fully saturated rings. The summed E-state index contributed by atoms with van der Waals surface area (Å²) in [7, 11) is 1.62. The smallest absolute Gasteiger partial charge is 0.243 e. The van der Waals surface area contributed by atoms with Crippen LogP contribution in [-0.4, -0.2) is 19.6 Å². The van der Waals surface area contributed by atoms with Crippen LogP contribution in [-0.2, 0) is 4.79 Å². The van der Waals surface area contributed by atoms with Gasteiger partial charge in [-0.05, 0) is 36.2 Å². The molecule has 3 aromatic rings. The second kappa shape index (κ2) is 8.21. The Labute approximate surface area is 153 Å². The Morgan fingerprint density at radius 2 is 1.65 bits per heavy atom. The molecule has 0 atom stereocenters.